The van der Waals surface area contributed by atoms with Crippen LogP contribution >= 0.6 is 0 Å². The fourth-order valence-electron chi connectivity index (χ4n) is 1.44. The molecule has 0 saturated heterocycles. The maximum absolute atomic E-state index is 13.4. The minimum atomic E-state index is -1.18. The number of carboxylic acids is 1. The first-order valence-corrected chi connectivity index (χ1v) is 4.73. The number of hydrogen-bond acceptors (Lipinski definition) is 2. The molecule has 1 heterocycles. The van der Waals surface area contributed by atoms with Gasteiger partial charge in [-0.25, -0.2) is 13.6 Å². The Morgan fingerprint density at radius 2 is 1.82 bits per heavy atom. The molecule has 0 amide bonds. The number of aromatic nitrogens is 1. The van der Waals surface area contributed by atoms with Gasteiger partial charge < -0.3 is 5.11 Å². The lowest BCUT2D eigenvalue weighted by molar-refractivity contribution is 0.0697. The zero-order valence-electron chi connectivity index (χ0n) is 8.52. The highest BCUT2D eigenvalue weighted by Crippen LogP contribution is 2.24. The summed E-state index contributed by atoms with van der Waals surface area (Å²) in [6, 6.07) is 5.80. The van der Waals surface area contributed by atoms with E-state index in [2.05, 4.69) is 4.98 Å². The highest BCUT2D eigenvalue weighted by molar-refractivity contribution is 5.88. The first-order valence-electron chi connectivity index (χ1n) is 4.73. The van der Waals surface area contributed by atoms with E-state index in [0.717, 1.165) is 18.2 Å². The summed E-state index contributed by atoms with van der Waals surface area (Å²) in [4.78, 5) is 14.5. The number of rotatable bonds is 2. The number of carbonyl (C=O) groups is 1. The predicted molar refractivity (Wildman–Crippen MR) is 56.5 cm³/mol. The van der Waals surface area contributed by atoms with Crippen molar-refractivity contribution >= 4 is 5.97 Å². The fraction of sp³-hybridized carbons (Fsp3) is 0. The molecule has 2 rings (SSSR count). The molecule has 0 radical (unpaired) electrons. The number of carboxylic acid groups (broad SMARTS) is 1. The van der Waals surface area contributed by atoms with E-state index in [9.17, 15) is 13.6 Å². The molecular formula is C12H7F2NO2. The van der Waals surface area contributed by atoms with Gasteiger partial charge in [-0.3, -0.25) is 4.98 Å². The number of halogens is 2. The quantitative estimate of drug-likeness (QED) is 0.870. The maximum atomic E-state index is 13.4. The average molecular weight is 235 g/mol. The van der Waals surface area contributed by atoms with Crippen LogP contribution in [0.15, 0.2) is 36.5 Å². The highest BCUT2D eigenvalue weighted by Gasteiger charge is 2.13. The van der Waals surface area contributed by atoms with Gasteiger partial charge in [0.05, 0.1) is 16.8 Å². The van der Waals surface area contributed by atoms with Gasteiger partial charge in [0, 0.05) is 6.20 Å². The van der Waals surface area contributed by atoms with Crippen molar-refractivity contribution in [2.75, 3.05) is 0 Å². The Morgan fingerprint density at radius 3 is 2.41 bits per heavy atom. The summed E-state index contributed by atoms with van der Waals surface area (Å²) in [5.41, 5.74) is -0.436. The second-order valence-corrected chi connectivity index (χ2v) is 3.33. The summed E-state index contributed by atoms with van der Waals surface area (Å²) in [5, 5.41) is 8.78. The minimum Gasteiger partial charge on any atom is -0.478 e. The molecule has 1 aromatic carbocycles. The third-order valence-electron chi connectivity index (χ3n) is 2.23. The van der Waals surface area contributed by atoms with Crippen LogP contribution in [0.4, 0.5) is 8.78 Å². The molecule has 2 aromatic rings. The van der Waals surface area contributed by atoms with E-state index in [1.807, 2.05) is 0 Å². The highest BCUT2D eigenvalue weighted by atomic mass is 19.1. The van der Waals surface area contributed by atoms with Crippen LogP contribution in [-0.4, -0.2) is 16.1 Å². The van der Waals surface area contributed by atoms with Crippen LogP contribution in [0.2, 0.25) is 0 Å². The van der Waals surface area contributed by atoms with E-state index < -0.39 is 17.6 Å². The van der Waals surface area contributed by atoms with Crippen molar-refractivity contribution in [2.45, 2.75) is 0 Å². The Kier molecular flexibility index (Phi) is 2.82. The lowest BCUT2D eigenvalue weighted by Crippen LogP contribution is -1.99. The lowest BCUT2D eigenvalue weighted by Gasteiger charge is -2.04. The molecule has 0 bridgehead atoms. The van der Waals surface area contributed by atoms with Crippen molar-refractivity contribution in [3.05, 3.63) is 53.7 Å². The number of hydrogen-bond donors (Lipinski definition) is 1. The van der Waals surface area contributed by atoms with Gasteiger partial charge in [0.2, 0.25) is 0 Å². The fourth-order valence-corrected chi connectivity index (χ4v) is 1.44. The molecule has 0 aliphatic rings. The van der Waals surface area contributed by atoms with Crippen LogP contribution in [0, 0.1) is 11.6 Å². The van der Waals surface area contributed by atoms with Gasteiger partial charge in [-0.1, -0.05) is 6.07 Å². The maximum Gasteiger partial charge on any atom is 0.335 e. The van der Waals surface area contributed by atoms with Crippen LogP contribution in [-0.2, 0) is 0 Å². The monoisotopic (exact) mass is 235 g/mol. The van der Waals surface area contributed by atoms with Crippen molar-refractivity contribution in [1.29, 1.82) is 0 Å². The van der Waals surface area contributed by atoms with Crippen molar-refractivity contribution in [3.8, 4) is 11.3 Å². The molecule has 0 spiro atoms. The topological polar surface area (TPSA) is 50.2 Å². The Balaban J connectivity index is 2.61. The molecule has 0 aliphatic heterocycles. The third-order valence-corrected chi connectivity index (χ3v) is 2.23. The van der Waals surface area contributed by atoms with Crippen LogP contribution in [0.1, 0.15) is 10.4 Å². The van der Waals surface area contributed by atoms with E-state index >= 15 is 0 Å². The Bertz CT molecular complexity index is 564. The van der Waals surface area contributed by atoms with Gasteiger partial charge in [-0.2, -0.15) is 0 Å². The van der Waals surface area contributed by atoms with Crippen molar-refractivity contribution in [1.82, 2.24) is 4.98 Å². The van der Waals surface area contributed by atoms with Gasteiger partial charge in [0.25, 0.3) is 0 Å². The predicted octanol–water partition coefficient (Wildman–Crippen LogP) is 2.73. The molecule has 17 heavy (non-hydrogen) atoms. The van der Waals surface area contributed by atoms with Crippen molar-refractivity contribution < 1.29 is 18.7 Å². The van der Waals surface area contributed by atoms with Gasteiger partial charge in [-0.15, -0.1) is 0 Å². The number of pyridine rings is 1. The number of aromatic carboxylic acids is 1. The van der Waals surface area contributed by atoms with Crippen molar-refractivity contribution in [2.24, 2.45) is 0 Å². The molecule has 0 unspecified atom stereocenters. The molecular weight excluding hydrogens is 228 g/mol. The minimum absolute atomic E-state index is 0.0412. The summed E-state index contributed by atoms with van der Waals surface area (Å²) in [5.74, 6) is -2.73. The number of benzene rings is 1. The van der Waals surface area contributed by atoms with E-state index in [1.165, 1.54) is 18.3 Å². The second kappa shape index (κ2) is 4.29. The second-order valence-electron chi connectivity index (χ2n) is 3.33. The molecule has 1 aromatic heterocycles. The van der Waals surface area contributed by atoms with Crippen molar-refractivity contribution in [3.63, 3.8) is 0 Å². The van der Waals surface area contributed by atoms with Crippen LogP contribution in [0.3, 0.4) is 0 Å². The first kappa shape index (κ1) is 11.2. The van der Waals surface area contributed by atoms with E-state index in [0.29, 0.717) is 0 Å². The third kappa shape index (κ3) is 2.13. The molecule has 0 atom stereocenters. The summed E-state index contributed by atoms with van der Waals surface area (Å²) in [7, 11) is 0. The Labute approximate surface area is 95.4 Å². The van der Waals surface area contributed by atoms with Crippen LogP contribution in [0.25, 0.3) is 11.3 Å². The zero-order chi connectivity index (χ0) is 12.4. The summed E-state index contributed by atoms with van der Waals surface area (Å²) >= 11 is 0. The van der Waals surface area contributed by atoms with Gasteiger partial charge in [0.15, 0.2) is 0 Å². The largest absolute Gasteiger partial charge is 0.478 e. The summed E-state index contributed by atoms with van der Waals surface area (Å²) < 4.78 is 26.9. The molecule has 0 aliphatic carbocycles. The zero-order valence-corrected chi connectivity index (χ0v) is 8.52. The molecule has 5 heteroatoms. The Hall–Kier alpha value is -2.30. The van der Waals surface area contributed by atoms with Gasteiger partial charge >= 0.3 is 5.97 Å². The van der Waals surface area contributed by atoms with Crippen LogP contribution in [0.5, 0.6) is 0 Å². The molecule has 86 valence electrons. The average Bonchev–Trinajstić information content (AvgIpc) is 2.29. The van der Waals surface area contributed by atoms with Crippen LogP contribution < -0.4 is 0 Å². The SMILES string of the molecule is O=C(O)c1ccnc(-c2c(F)cccc2F)c1. The van der Waals surface area contributed by atoms with E-state index in [-0.39, 0.29) is 16.8 Å². The summed E-state index contributed by atoms with van der Waals surface area (Å²) in [6.07, 6.45) is 1.20. The summed E-state index contributed by atoms with van der Waals surface area (Å²) in [6.45, 7) is 0. The standard InChI is InChI=1S/C12H7F2NO2/c13-8-2-1-3-9(14)11(8)10-6-7(12(16)17)4-5-15-10/h1-6H,(H,16,17). The lowest BCUT2D eigenvalue weighted by atomic mass is 10.1. The van der Waals surface area contributed by atoms with E-state index in [1.54, 1.807) is 0 Å². The van der Waals surface area contributed by atoms with Gasteiger partial charge in [-0.05, 0) is 24.3 Å². The van der Waals surface area contributed by atoms with E-state index in [4.69, 9.17) is 5.11 Å². The molecule has 0 fully saturated rings. The first-order chi connectivity index (χ1) is 8.09. The molecule has 0 saturated carbocycles. The molecule has 1 N–H and O–H groups in total. The smallest absolute Gasteiger partial charge is 0.335 e. The normalized spacial score (nSPS) is 10.2. The molecule has 3 nitrogen and oxygen atoms in total. The number of nitrogens with zero attached hydrogens (tertiary/aromatic N) is 1. The Morgan fingerprint density at radius 1 is 1.18 bits per heavy atom. The van der Waals surface area contributed by atoms with Gasteiger partial charge in [0.1, 0.15) is 11.6 Å².